The van der Waals surface area contributed by atoms with Gasteiger partial charge in [-0.2, -0.15) is 5.10 Å². The zero-order valence-corrected chi connectivity index (χ0v) is 14.2. The standard InChI is InChI=1S/C16H22N6O3/c1-24-12-8-17-16(23)21-10-5-13(6-11-21)25-15-4-3-14(19-20-15)22-9-2-7-18-22/h2-4,7,9,13H,5-6,8,10-12H2,1H3,(H,17,23). The Hall–Kier alpha value is -2.68. The smallest absolute Gasteiger partial charge is 0.317 e. The topological polar surface area (TPSA) is 94.4 Å². The number of urea groups is 1. The van der Waals surface area contributed by atoms with Crippen LogP contribution in [0.4, 0.5) is 4.79 Å². The number of hydrogen-bond acceptors (Lipinski definition) is 6. The van der Waals surface area contributed by atoms with Crippen LogP contribution in [-0.2, 0) is 4.74 Å². The number of hydrogen-bond donors (Lipinski definition) is 1. The molecule has 3 rings (SSSR count). The van der Waals surface area contributed by atoms with Crippen LogP contribution >= 0.6 is 0 Å². The van der Waals surface area contributed by atoms with Crippen LogP contribution in [0, 0.1) is 0 Å². The predicted octanol–water partition coefficient (Wildman–Crippen LogP) is 0.861. The number of piperidine rings is 1. The molecule has 0 bridgehead atoms. The highest BCUT2D eigenvalue weighted by Crippen LogP contribution is 2.17. The van der Waals surface area contributed by atoms with Gasteiger partial charge in [-0.15, -0.1) is 10.2 Å². The van der Waals surface area contributed by atoms with Crippen molar-refractivity contribution >= 4 is 6.03 Å². The molecular weight excluding hydrogens is 324 g/mol. The number of nitrogens with zero attached hydrogens (tertiary/aromatic N) is 5. The lowest BCUT2D eigenvalue weighted by Gasteiger charge is -2.31. The highest BCUT2D eigenvalue weighted by molar-refractivity contribution is 5.74. The highest BCUT2D eigenvalue weighted by atomic mass is 16.5. The number of methoxy groups -OCH3 is 1. The third-order valence-corrected chi connectivity index (χ3v) is 3.96. The summed E-state index contributed by atoms with van der Waals surface area (Å²) in [7, 11) is 1.61. The molecule has 3 heterocycles. The van der Waals surface area contributed by atoms with Crippen LogP contribution in [0.2, 0.25) is 0 Å². The van der Waals surface area contributed by atoms with E-state index in [-0.39, 0.29) is 12.1 Å². The second-order valence-corrected chi connectivity index (χ2v) is 5.71. The molecule has 1 N–H and O–H groups in total. The summed E-state index contributed by atoms with van der Waals surface area (Å²) in [6, 6.07) is 5.37. The molecule has 2 amide bonds. The molecule has 1 fully saturated rings. The molecular formula is C16H22N6O3. The number of carbonyl (C=O) groups excluding carboxylic acids is 1. The molecule has 2 aromatic heterocycles. The van der Waals surface area contributed by atoms with Crippen molar-refractivity contribution in [3.63, 3.8) is 0 Å². The van der Waals surface area contributed by atoms with Gasteiger partial charge in [-0.25, -0.2) is 9.48 Å². The first-order valence-corrected chi connectivity index (χ1v) is 8.28. The maximum absolute atomic E-state index is 12.0. The van der Waals surface area contributed by atoms with E-state index in [9.17, 15) is 4.79 Å². The highest BCUT2D eigenvalue weighted by Gasteiger charge is 2.24. The maximum atomic E-state index is 12.0. The minimum Gasteiger partial charge on any atom is -0.473 e. The number of nitrogens with one attached hydrogen (secondary N) is 1. The van der Waals surface area contributed by atoms with Crippen LogP contribution in [0.3, 0.4) is 0 Å². The van der Waals surface area contributed by atoms with Gasteiger partial charge in [0.2, 0.25) is 5.88 Å². The van der Waals surface area contributed by atoms with Crippen molar-refractivity contribution < 1.29 is 14.3 Å². The number of ether oxygens (including phenoxy) is 2. The lowest BCUT2D eigenvalue weighted by Crippen LogP contribution is -2.47. The Morgan fingerprint density at radius 1 is 1.32 bits per heavy atom. The fraction of sp³-hybridized carbons (Fsp3) is 0.500. The van der Waals surface area contributed by atoms with E-state index in [1.165, 1.54) is 0 Å². The van der Waals surface area contributed by atoms with Gasteiger partial charge in [-0.05, 0) is 12.1 Å². The van der Waals surface area contributed by atoms with Crippen LogP contribution in [0.15, 0.2) is 30.6 Å². The molecule has 0 spiro atoms. The van der Waals surface area contributed by atoms with Gasteiger partial charge < -0.3 is 19.7 Å². The Balaban J connectivity index is 1.45. The van der Waals surface area contributed by atoms with Crippen molar-refractivity contribution in [2.24, 2.45) is 0 Å². The van der Waals surface area contributed by atoms with Gasteiger partial charge in [0.25, 0.3) is 0 Å². The van der Waals surface area contributed by atoms with E-state index in [1.807, 2.05) is 12.1 Å². The van der Waals surface area contributed by atoms with Gasteiger partial charge in [0.05, 0.1) is 6.61 Å². The van der Waals surface area contributed by atoms with E-state index in [2.05, 4.69) is 20.6 Å². The van der Waals surface area contributed by atoms with Gasteiger partial charge in [-0.3, -0.25) is 0 Å². The monoisotopic (exact) mass is 346 g/mol. The Labute approximate surface area is 145 Å². The van der Waals surface area contributed by atoms with E-state index in [4.69, 9.17) is 9.47 Å². The summed E-state index contributed by atoms with van der Waals surface area (Å²) in [5, 5.41) is 15.1. The van der Waals surface area contributed by atoms with Crippen LogP contribution in [-0.4, -0.2) is 70.4 Å². The number of likely N-dealkylation sites (tertiary alicyclic amines) is 1. The molecule has 0 radical (unpaired) electrons. The van der Waals surface area contributed by atoms with Crippen molar-refractivity contribution in [2.45, 2.75) is 18.9 Å². The summed E-state index contributed by atoms with van der Waals surface area (Å²) in [5.41, 5.74) is 0. The molecule has 9 heteroatoms. The lowest BCUT2D eigenvalue weighted by atomic mass is 10.1. The number of carbonyl (C=O) groups is 1. The van der Waals surface area contributed by atoms with Crippen LogP contribution in [0.5, 0.6) is 5.88 Å². The van der Waals surface area contributed by atoms with E-state index in [0.29, 0.717) is 37.9 Å². The van der Waals surface area contributed by atoms with Crippen molar-refractivity contribution in [3.8, 4) is 11.7 Å². The van der Waals surface area contributed by atoms with Crippen LogP contribution in [0.25, 0.3) is 5.82 Å². The zero-order chi connectivity index (χ0) is 17.5. The quantitative estimate of drug-likeness (QED) is 0.780. The van der Waals surface area contributed by atoms with Gasteiger partial charge >= 0.3 is 6.03 Å². The second-order valence-electron chi connectivity index (χ2n) is 5.71. The summed E-state index contributed by atoms with van der Waals surface area (Å²) in [6.07, 6.45) is 5.05. The number of aromatic nitrogens is 4. The van der Waals surface area contributed by atoms with Crippen molar-refractivity contribution in [1.29, 1.82) is 0 Å². The first-order valence-electron chi connectivity index (χ1n) is 8.28. The summed E-state index contributed by atoms with van der Waals surface area (Å²) < 4.78 is 12.4. The first-order chi connectivity index (χ1) is 12.3. The first kappa shape index (κ1) is 17.2. The Morgan fingerprint density at radius 3 is 2.80 bits per heavy atom. The predicted molar refractivity (Wildman–Crippen MR) is 89.7 cm³/mol. The normalized spacial score (nSPS) is 15.2. The third kappa shape index (κ3) is 4.66. The Morgan fingerprint density at radius 2 is 2.16 bits per heavy atom. The number of amides is 2. The minimum absolute atomic E-state index is 0.0351. The molecule has 1 saturated heterocycles. The Kier molecular flexibility index (Phi) is 5.78. The molecule has 0 unspecified atom stereocenters. The molecule has 0 saturated carbocycles. The third-order valence-electron chi connectivity index (χ3n) is 3.96. The van der Waals surface area contributed by atoms with Crippen molar-refractivity contribution in [1.82, 2.24) is 30.2 Å². The molecule has 0 aliphatic carbocycles. The maximum Gasteiger partial charge on any atom is 0.317 e. The van der Waals surface area contributed by atoms with Gasteiger partial charge in [-0.1, -0.05) is 0 Å². The molecule has 25 heavy (non-hydrogen) atoms. The molecule has 9 nitrogen and oxygen atoms in total. The van der Waals surface area contributed by atoms with Gasteiger partial charge in [0.1, 0.15) is 6.10 Å². The molecule has 134 valence electrons. The van der Waals surface area contributed by atoms with E-state index in [1.54, 1.807) is 35.2 Å². The Bertz CT molecular complexity index is 653. The second kappa shape index (κ2) is 8.43. The minimum atomic E-state index is -0.0566. The molecule has 1 aliphatic rings. The van der Waals surface area contributed by atoms with Gasteiger partial charge in [0.15, 0.2) is 5.82 Å². The van der Waals surface area contributed by atoms with Crippen LogP contribution in [0.1, 0.15) is 12.8 Å². The summed E-state index contributed by atoms with van der Waals surface area (Å²) >= 11 is 0. The van der Waals surface area contributed by atoms with E-state index in [0.717, 1.165) is 12.8 Å². The fourth-order valence-corrected chi connectivity index (χ4v) is 2.62. The zero-order valence-electron chi connectivity index (χ0n) is 14.2. The number of rotatable bonds is 6. The molecule has 1 aliphatic heterocycles. The van der Waals surface area contributed by atoms with Gasteiger partial charge in [0, 0.05) is 58.0 Å². The summed E-state index contributed by atoms with van der Waals surface area (Å²) in [6.45, 7) is 2.34. The fourth-order valence-electron chi connectivity index (χ4n) is 2.62. The van der Waals surface area contributed by atoms with Crippen molar-refractivity contribution in [2.75, 3.05) is 33.4 Å². The SMILES string of the molecule is COCCNC(=O)N1CCC(Oc2ccc(-n3cccn3)nn2)CC1. The van der Waals surface area contributed by atoms with Crippen molar-refractivity contribution in [3.05, 3.63) is 30.6 Å². The summed E-state index contributed by atoms with van der Waals surface area (Å²) in [4.78, 5) is 13.8. The molecule has 0 aromatic carbocycles. The molecule has 0 atom stereocenters. The average Bonchev–Trinajstić information content (AvgIpc) is 3.18. The molecule has 2 aromatic rings. The summed E-state index contributed by atoms with van der Waals surface area (Å²) in [5.74, 6) is 1.12. The van der Waals surface area contributed by atoms with E-state index < -0.39 is 0 Å². The largest absolute Gasteiger partial charge is 0.473 e. The van der Waals surface area contributed by atoms with E-state index >= 15 is 0 Å². The average molecular weight is 346 g/mol. The van der Waals surface area contributed by atoms with Crippen LogP contribution < -0.4 is 10.1 Å². The lowest BCUT2D eigenvalue weighted by molar-refractivity contribution is 0.105.